The lowest BCUT2D eigenvalue weighted by molar-refractivity contribution is 0.0936. The van der Waals surface area contributed by atoms with E-state index in [1.54, 1.807) is 6.07 Å². The zero-order valence-electron chi connectivity index (χ0n) is 18.1. The Morgan fingerprint density at radius 1 is 1.06 bits per heavy atom. The van der Waals surface area contributed by atoms with Crippen LogP contribution in [0.15, 0.2) is 77.7 Å². The molecule has 1 atom stereocenters. The highest BCUT2D eigenvalue weighted by molar-refractivity contribution is 7.89. The van der Waals surface area contributed by atoms with Crippen LogP contribution < -0.4 is 14.8 Å². The van der Waals surface area contributed by atoms with E-state index in [9.17, 15) is 13.2 Å². The molecule has 1 unspecified atom stereocenters. The maximum Gasteiger partial charge on any atom is 0.251 e. The summed E-state index contributed by atoms with van der Waals surface area (Å²) < 4.78 is 33.5. The van der Waals surface area contributed by atoms with Crippen LogP contribution in [0.5, 0.6) is 5.75 Å². The standard InChI is InChI=1S/C25H25ClN2O4S/c1-32-23-14-9-19(16-24(23)33(30,31)28-21-12-13-21)25(29)27-22(18-5-3-2-4-6-18)15-17-7-10-20(26)11-8-17/h2-11,14,16,21-22,28H,12-13,15H2,1H3,(H,27,29). The van der Waals surface area contributed by atoms with Crippen LogP contribution in [0.3, 0.4) is 0 Å². The van der Waals surface area contributed by atoms with Crippen LogP contribution in [0.1, 0.15) is 40.4 Å². The Morgan fingerprint density at radius 2 is 1.76 bits per heavy atom. The minimum Gasteiger partial charge on any atom is -0.495 e. The average molecular weight is 485 g/mol. The maximum atomic E-state index is 13.2. The van der Waals surface area contributed by atoms with Crippen molar-refractivity contribution in [3.63, 3.8) is 0 Å². The van der Waals surface area contributed by atoms with Crippen molar-refractivity contribution in [2.24, 2.45) is 0 Å². The van der Waals surface area contributed by atoms with Crippen LogP contribution in [-0.2, 0) is 16.4 Å². The normalized spacial score (nSPS) is 14.5. The molecule has 1 aliphatic rings. The van der Waals surface area contributed by atoms with Gasteiger partial charge in [0.05, 0.1) is 13.2 Å². The summed E-state index contributed by atoms with van der Waals surface area (Å²) in [5.74, 6) is -0.177. The molecule has 1 saturated carbocycles. The van der Waals surface area contributed by atoms with Crippen molar-refractivity contribution in [1.29, 1.82) is 0 Å². The van der Waals surface area contributed by atoms with Gasteiger partial charge >= 0.3 is 0 Å². The smallest absolute Gasteiger partial charge is 0.251 e. The molecule has 6 nitrogen and oxygen atoms in total. The van der Waals surface area contributed by atoms with E-state index in [0.29, 0.717) is 11.4 Å². The van der Waals surface area contributed by atoms with Gasteiger partial charge in [0.1, 0.15) is 10.6 Å². The molecule has 1 fully saturated rings. The Balaban J connectivity index is 1.61. The second-order valence-corrected chi connectivity index (χ2v) is 10.1. The van der Waals surface area contributed by atoms with E-state index in [-0.39, 0.29) is 34.2 Å². The average Bonchev–Trinajstić information content (AvgIpc) is 3.63. The minimum atomic E-state index is -3.80. The summed E-state index contributed by atoms with van der Waals surface area (Å²) in [5, 5.41) is 3.70. The summed E-state index contributed by atoms with van der Waals surface area (Å²) in [6.07, 6.45) is 2.17. The van der Waals surface area contributed by atoms with Crippen molar-refractivity contribution < 1.29 is 17.9 Å². The summed E-state index contributed by atoms with van der Waals surface area (Å²) in [4.78, 5) is 13.2. The first-order valence-electron chi connectivity index (χ1n) is 10.7. The topological polar surface area (TPSA) is 84.5 Å². The monoisotopic (exact) mass is 484 g/mol. The summed E-state index contributed by atoms with van der Waals surface area (Å²) >= 11 is 6.01. The number of sulfonamides is 1. The summed E-state index contributed by atoms with van der Waals surface area (Å²) in [5.41, 5.74) is 2.20. The quantitative estimate of drug-likeness (QED) is 0.468. The van der Waals surface area contributed by atoms with Gasteiger partial charge in [-0.3, -0.25) is 4.79 Å². The van der Waals surface area contributed by atoms with Gasteiger partial charge in [-0.1, -0.05) is 54.1 Å². The predicted octanol–water partition coefficient (Wildman–Crippen LogP) is 4.50. The Bertz CT molecular complexity index is 1230. The number of hydrogen-bond donors (Lipinski definition) is 2. The molecule has 172 valence electrons. The molecule has 0 bridgehead atoms. The number of carbonyl (C=O) groups is 1. The molecule has 0 spiro atoms. The minimum absolute atomic E-state index is 0.0430. The lowest BCUT2D eigenvalue weighted by atomic mass is 9.98. The molecule has 1 amide bonds. The van der Waals surface area contributed by atoms with Gasteiger partial charge in [0, 0.05) is 16.6 Å². The molecule has 2 N–H and O–H groups in total. The molecule has 4 rings (SSSR count). The van der Waals surface area contributed by atoms with Crippen LogP contribution in [-0.4, -0.2) is 27.5 Å². The molecule has 0 radical (unpaired) electrons. The first kappa shape index (κ1) is 23.3. The van der Waals surface area contributed by atoms with Crippen molar-refractivity contribution in [3.8, 4) is 5.75 Å². The van der Waals surface area contributed by atoms with Gasteiger partial charge in [0.2, 0.25) is 10.0 Å². The van der Waals surface area contributed by atoms with Crippen molar-refractivity contribution in [3.05, 3.63) is 94.5 Å². The molecular formula is C25H25ClN2O4S. The molecule has 1 aliphatic carbocycles. The summed E-state index contributed by atoms with van der Waals surface area (Å²) in [7, 11) is -2.39. The fourth-order valence-corrected chi connectivity index (χ4v) is 5.17. The van der Waals surface area contributed by atoms with Crippen molar-refractivity contribution in [2.45, 2.75) is 36.2 Å². The fourth-order valence-electron chi connectivity index (χ4n) is 3.55. The lowest BCUT2D eigenvalue weighted by Gasteiger charge is -2.20. The van der Waals surface area contributed by atoms with Gasteiger partial charge in [0.25, 0.3) is 5.91 Å². The van der Waals surface area contributed by atoms with E-state index >= 15 is 0 Å². The number of rotatable bonds is 9. The zero-order chi connectivity index (χ0) is 23.4. The third-order valence-corrected chi connectivity index (χ3v) is 7.27. The molecule has 3 aromatic rings. The first-order chi connectivity index (χ1) is 15.9. The second kappa shape index (κ2) is 9.95. The molecular weight excluding hydrogens is 460 g/mol. The van der Waals surface area contributed by atoms with Gasteiger partial charge in [-0.2, -0.15) is 0 Å². The van der Waals surface area contributed by atoms with Gasteiger partial charge in [-0.05, 0) is 60.7 Å². The molecule has 0 aliphatic heterocycles. The number of ether oxygens (including phenoxy) is 1. The highest BCUT2D eigenvalue weighted by atomic mass is 35.5. The Kier molecular flexibility index (Phi) is 7.02. The largest absolute Gasteiger partial charge is 0.495 e. The number of carbonyl (C=O) groups excluding carboxylic acids is 1. The van der Waals surface area contributed by atoms with E-state index in [1.807, 2.05) is 54.6 Å². The number of benzene rings is 3. The SMILES string of the molecule is COc1ccc(C(=O)NC(Cc2ccc(Cl)cc2)c2ccccc2)cc1S(=O)(=O)NC1CC1. The van der Waals surface area contributed by atoms with Gasteiger partial charge in [-0.15, -0.1) is 0 Å². The summed E-state index contributed by atoms with van der Waals surface area (Å²) in [6.45, 7) is 0. The second-order valence-electron chi connectivity index (χ2n) is 8.03. The Hall–Kier alpha value is -2.87. The van der Waals surface area contributed by atoms with E-state index in [4.69, 9.17) is 16.3 Å². The van der Waals surface area contributed by atoms with Crippen LogP contribution in [0, 0.1) is 0 Å². The molecule has 0 heterocycles. The van der Waals surface area contributed by atoms with Crippen LogP contribution in [0.25, 0.3) is 0 Å². The third-order valence-electron chi connectivity index (χ3n) is 5.47. The zero-order valence-corrected chi connectivity index (χ0v) is 19.7. The highest BCUT2D eigenvalue weighted by Gasteiger charge is 2.30. The number of nitrogens with one attached hydrogen (secondary N) is 2. The Morgan fingerprint density at radius 3 is 2.39 bits per heavy atom. The molecule has 0 saturated heterocycles. The van der Waals surface area contributed by atoms with Crippen molar-refractivity contribution in [1.82, 2.24) is 10.0 Å². The summed E-state index contributed by atoms with van der Waals surface area (Å²) in [6, 6.07) is 21.2. The Labute approximate surface area is 199 Å². The molecule has 33 heavy (non-hydrogen) atoms. The van der Waals surface area contributed by atoms with Gasteiger partial charge < -0.3 is 10.1 Å². The van der Waals surface area contributed by atoms with Gasteiger partial charge in [-0.25, -0.2) is 13.1 Å². The van der Waals surface area contributed by atoms with Gasteiger partial charge in [0.15, 0.2) is 0 Å². The third kappa shape index (κ3) is 5.93. The lowest BCUT2D eigenvalue weighted by Crippen LogP contribution is -2.31. The van der Waals surface area contributed by atoms with Crippen LogP contribution in [0.2, 0.25) is 5.02 Å². The number of amides is 1. The molecule has 8 heteroatoms. The van der Waals surface area contributed by atoms with E-state index in [0.717, 1.165) is 24.0 Å². The van der Waals surface area contributed by atoms with Crippen molar-refractivity contribution in [2.75, 3.05) is 7.11 Å². The number of methoxy groups -OCH3 is 1. The fraction of sp³-hybridized carbons (Fsp3) is 0.240. The number of hydrogen-bond acceptors (Lipinski definition) is 4. The highest BCUT2D eigenvalue weighted by Crippen LogP contribution is 2.29. The van der Waals surface area contributed by atoms with Crippen LogP contribution in [0.4, 0.5) is 0 Å². The van der Waals surface area contributed by atoms with E-state index < -0.39 is 10.0 Å². The number of halogens is 1. The first-order valence-corrected chi connectivity index (χ1v) is 12.5. The molecule has 3 aromatic carbocycles. The maximum absolute atomic E-state index is 13.2. The van der Waals surface area contributed by atoms with Crippen molar-refractivity contribution >= 4 is 27.5 Å². The van der Waals surface area contributed by atoms with Crippen LogP contribution >= 0.6 is 11.6 Å². The van der Waals surface area contributed by atoms with E-state index in [1.165, 1.54) is 19.2 Å². The van der Waals surface area contributed by atoms with E-state index in [2.05, 4.69) is 10.0 Å². The molecule has 0 aromatic heterocycles. The predicted molar refractivity (Wildman–Crippen MR) is 128 cm³/mol.